The minimum Gasteiger partial charge on any atom is -0.321 e. The van der Waals surface area contributed by atoms with Crippen molar-refractivity contribution in [2.24, 2.45) is 0 Å². The monoisotopic (exact) mass is 356 g/mol. The van der Waals surface area contributed by atoms with E-state index in [-0.39, 0.29) is 16.5 Å². The number of aromatic nitrogens is 1. The van der Waals surface area contributed by atoms with Gasteiger partial charge in [0.25, 0.3) is 5.56 Å². The predicted molar refractivity (Wildman–Crippen MR) is 111 cm³/mol. The summed E-state index contributed by atoms with van der Waals surface area (Å²) in [4.78, 5) is 15.4. The second-order valence-electron chi connectivity index (χ2n) is 8.06. The third-order valence-electron chi connectivity index (χ3n) is 4.88. The maximum absolute atomic E-state index is 12.6. The van der Waals surface area contributed by atoms with E-state index in [9.17, 15) is 10.1 Å². The molecule has 136 valence electrons. The Morgan fingerprint density at radius 1 is 0.926 bits per heavy atom. The van der Waals surface area contributed by atoms with Crippen molar-refractivity contribution >= 4 is 0 Å². The molecule has 3 rings (SSSR count). The van der Waals surface area contributed by atoms with Gasteiger partial charge in [-0.05, 0) is 42.0 Å². The van der Waals surface area contributed by atoms with Gasteiger partial charge in [-0.1, -0.05) is 68.8 Å². The number of hydrogen-bond acceptors (Lipinski definition) is 2. The van der Waals surface area contributed by atoms with Gasteiger partial charge in [0.1, 0.15) is 11.6 Å². The molecule has 0 aliphatic heterocycles. The molecule has 3 aromatic rings. The van der Waals surface area contributed by atoms with Crippen LogP contribution in [0.4, 0.5) is 0 Å². The van der Waals surface area contributed by atoms with E-state index in [2.05, 4.69) is 50.0 Å². The van der Waals surface area contributed by atoms with E-state index in [1.807, 2.05) is 44.2 Å². The fourth-order valence-corrected chi connectivity index (χ4v) is 3.31. The molecule has 0 fully saturated rings. The van der Waals surface area contributed by atoms with E-state index in [1.165, 1.54) is 11.1 Å². The molecule has 0 aliphatic carbocycles. The van der Waals surface area contributed by atoms with Crippen LogP contribution in [0.5, 0.6) is 0 Å². The van der Waals surface area contributed by atoms with Crippen LogP contribution >= 0.6 is 0 Å². The smallest absolute Gasteiger partial charge is 0.266 e. The van der Waals surface area contributed by atoms with Crippen LogP contribution in [0.25, 0.3) is 22.4 Å². The molecule has 1 N–H and O–H groups in total. The van der Waals surface area contributed by atoms with E-state index in [0.717, 1.165) is 22.4 Å². The van der Waals surface area contributed by atoms with E-state index in [4.69, 9.17) is 0 Å². The highest BCUT2D eigenvalue weighted by atomic mass is 16.1. The van der Waals surface area contributed by atoms with Crippen LogP contribution in [-0.2, 0) is 5.41 Å². The standard InChI is InChI=1S/C24H24N2O/c1-15-6-11-19(16(2)12-15)22-13-20(21(14-25)23(27)26-22)17-7-9-18(10-8-17)24(3,4)5/h6-13H,1-5H3,(H,26,27). The number of aromatic amines is 1. The zero-order chi connectivity index (χ0) is 19.8. The van der Waals surface area contributed by atoms with Crippen LogP contribution in [0, 0.1) is 25.2 Å². The maximum atomic E-state index is 12.6. The number of H-pyrrole nitrogens is 1. The van der Waals surface area contributed by atoms with Crippen molar-refractivity contribution in [2.75, 3.05) is 0 Å². The Bertz CT molecular complexity index is 1090. The normalized spacial score (nSPS) is 11.3. The molecule has 2 aromatic carbocycles. The third kappa shape index (κ3) is 3.71. The molecule has 0 unspecified atom stereocenters. The third-order valence-corrected chi connectivity index (χ3v) is 4.88. The summed E-state index contributed by atoms with van der Waals surface area (Å²) in [6.07, 6.45) is 0. The van der Waals surface area contributed by atoms with Crippen LogP contribution < -0.4 is 5.56 Å². The summed E-state index contributed by atoms with van der Waals surface area (Å²) in [6.45, 7) is 10.5. The Labute approximate surface area is 160 Å². The van der Waals surface area contributed by atoms with Crippen molar-refractivity contribution < 1.29 is 0 Å². The first-order valence-electron chi connectivity index (χ1n) is 9.06. The summed E-state index contributed by atoms with van der Waals surface area (Å²) in [5.41, 5.74) is 6.54. The summed E-state index contributed by atoms with van der Waals surface area (Å²) < 4.78 is 0. The second-order valence-corrected chi connectivity index (χ2v) is 8.06. The molecule has 0 bridgehead atoms. The Kier molecular flexibility index (Phi) is 4.76. The molecule has 27 heavy (non-hydrogen) atoms. The van der Waals surface area contributed by atoms with Crippen molar-refractivity contribution in [3.63, 3.8) is 0 Å². The quantitative estimate of drug-likeness (QED) is 0.659. The Balaban J connectivity index is 2.19. The molecule has 0 amide bonds. The highest BCUT2D eigenvalue weighted by Crippen LogP contribution is 2.30. The first-order chi connectivity index (χ1) is 12.7. The molecule has 0 saturated carbocycles. The number of nitrogens with one attached hydrogen (secondary N) is 1. The summed E-state index contributed by atoms with van der Waals surface area (Å²) in [6, 6.07) is 18.2. The van der Waals surface area contributed by atoms with Gasteiger partial charge >= 0.3 is 0 Å². The first-order valence-corrected chi connectivity index (χ1v) is 9.06. The van der Waals surface area contributed by atoms with Gasteiger partial charge in [-0.3, -0.25) is 4.79 Å². The van der Waals surface area contributed by atoms with Crippen molar-refractivity contribution in [3.8, 4) is 28.5 Å². The highest BCUT2D eigenvalue weighted by Gasteiger charge is 2.16. The van der Waals surface area contributed by atoms with E-state index in [1.54, 1.807) is 0 Å². The lowest BCUT2D eigenvalue weighted by Gasteiger charge is -2.19. The van der Waals surface area contributed by atoms with Crippen molar-refractivity contribution in [2.45, 2.75) is 40.0 Å². The first kappa shape index (κ1) is 18.7. The molecular weight excluding hydrogens is 332 g/mol. The number of aryl methyl sites for hydroxylation is 2. The van der Waals surface area contributed by atoms with Crippen LogP contribution in [-0.4, -0.2) is 4.98 Å². The van der Waals surface area contributed by atoms with Gasteiger partial charge in [0.2, 0.25) is 0 Å². The van der Waals surface area contributed by atoms with Crippen LogP contribution in [0.3, 0.4) is 0 Å². The maximum Gasteiger partial charge on any atom is 0.266 e. The molecule has 0 aliphatic rings. The van der Waals surface area contributed by atoms with Gasteiger partial charge in [0.15, 0.2) is 0 Å². The van der Waals surface area contributed by atoms with Gasteiger partial charge in [-0.2, -0.15) is 5.26 Å². The zero-order valence-corrected chi connectivity index (χ0v) is 16.5. The zero-order valence-electron chi connectivity index (χ0n) is 16.5. The topological polar surface area (TPSA) is 56.6 Å². The van der Waals surface area contributed by atoms with Crippen molar-refractivity contribution in [1.82, 2.24) is 4.98 Å². The highest BCUT2D eigenvalue weighted by molar-refractivity contribution is 5.76. The summed E-state index contributed by atoms with van der Waals surface area (Å²) in [7, 11) is 0. The summed E-state index contributed by atoms with van der Waals surface area (Å²) in [5.74, 6) is 0. The summed E-state index contributed by atoms with van der Waals surface area (Å²) in [5, 5.41) is 9.53. The fourth-order valence-electron chi connectivity index (χ4n) is 3.31. The molecule has 1 heterocycles. The van der Waals surface area contributed by atoms with Crippen LogP contribution in [0.2, 0.25) is 0 Å². The molecule has 1 aromatic heterocycles. The van der Waals surface area contributed by atoms with Gasteiger partial charge < -0.3 is 4.98 Å². The van der Waals surface area contributed by atoms with Crippen LogP contribution in [0.15, 0.2) is 53.3 Å². The molecule has 3 nitrogen and oxygen atoms in total. The number of pyridine rings is 1. The van der Waals surface area contributed by atoms with Gasteiger partial charge in [0, 0.05) is 16.8 Å². The lowest BCUT2D eigenvalue weighted by Crippen LogP contribution is -2.13. The lowest BCUT2D eigenvalue weighted by atomic mass is 9.86. The average Bonchev–Trinajstić information content (AvgIpc) is 2.60. The SMILES string of the molecule is Cc1ccc(-c2cc(-c3ccc(C(C)(C)C)cc3)c(C#N)c(=O)[nH]2)c(C)c1. The van der Waals surface area contributed by atoms with E-state index < -0.39 is 0 Å². The van der Waals surface area contributed by atoms with Gasteiger partial charge in [-0.25, -0.2) is 0 Å². The minimum absolute atomic E-state index is 0.0505. The van der Waals surface area contributed by atoms with Crippen molar-refractivity contribution in [1.29, 1.82) is 5.26 Å². The Hall–Kier alpha value is -3.12. The molecule has 0 radical (unpaired) electrons. The van der Waals surface area contributed by atoms with E-state index in [0.29, 0.717) is 5.56 Å². The Morgan fingerprint density at radius 2 is 1.59 bits per heavy atom. The minimum atomic E-state index is -0.357. The number of benzene rings is 2. The van der Waals surface area contributed by atoms with E-state index >= 15 is 0 Å². The molecule has 3 heteroatoms. The van der Waals surface area contributed by atoms with Gasteiger partial charge in [0.05, 0.1) is 0 Å². The molecule has 0 spiro atoms. The largest absolute Gasteiger partial charge is 0.321 e. The van der Waals surface area contributed by atoms with Gasteiger partial charge in [-0.15, -0.1) is 0 Å². The summed E-state index contributed by atoms with van der Waals surface area (Å²) >= 11 is 0. The lowest BCUT2D eigenvalue weighted by molar-refractivity contribution is 0.590. The average molecular weight is 356 g/mol. The van der Waals surface area contributed by atoms with Crippen molar-refractivity contribution in [3.05, 3.63) is 81.1 Å². The number of hydrogen-bond donors (Lipinski definition) is 1. The van der Waals surface area contributed by atoms with Crippen LogP contribution in [0.1, 0.15) is 43.0 Å². The number of nitrogens with zero attached hydrogens (tertiary/aromatic N) is 1. The number of rotatable bonds is 2. The molecule has 0 saturated heterocycles. The molecule has 0 atom stereocenters. The Morgan fingerprint density at radius 3 is 2.15 bits per heavy atom. The number of nitriles is 1. The molecular formula is C24H24N2O. The second kappa shape index (κ2) is 6.89. The fraction of sp³-hybridized carbons (Fsp3) is 0.250. The predicted octanol–water partition coefficient (Wildman–Crippen LogP) is 5.49.